The van der Waals surface area contributed by atoms with Crippen molar-refractivity contribution < 1.29 is 32.8 Å². The number of oxazole rings is 2. The molecule has 3 heterocycles. The summed E-state index contributed by atoms with van der Waals surface area (Å²) in [5.41, 5.74) is 1.26. The van der Waals surface area contributed by atoms with Crippen LogP contribution in [0.15, 0.2) is 50.5 Å². The Morgan fingerprint density at radius 1 is 0.892 bits per heavy atom. The van der Waals surface area contributed by atoms with Gasteiger partial charge in [-0.05, 0) is 93.1 Å². The zero-order chi connectivity index (χ0) is 47.7. The van der Waals surface area contributed by atoms with Crippen molar-refractivity contribution in [1.29, 1.82) is 15.8 Å². The lowest BCUT2D eigenvalue weighted by Gasteiger charge is -2.35. The SMILES string of the molecule is CC(C)(C)[Si](C)(C)OCc1cnc(CNC2(C#N)CCCC2)o1.Cc1c(N2C(=O)N(Cc3ncc(CO)o3)C3(CCCC3)C2=O)ccc(C#N)c1Cl.Cc1c(N=C=O)ccc(C#N)c1Cl. The molecule has 0 atom stereocenters. The lowest BCUT2D eigenvalue weighted by Crippen LogP contribution is -2.47. The Balaban J connectivity index is 0.000000197. The number of isocyanates is 1. The monoisotopic (exact) mass is 941 g/mol. The summed E-state index contributed by atoms with van der Waals surface area (Å²) in [5, 5.41) is 40.4. The smallest absolute Gasteiger partial charge is 0.332 e. The van der Waals surface area contributed by atoms with Gasteiger partial charge in [0.15, 0.2) is 8.32 Å². The minimum atomic E-state index is -1.78. The Kier molecular flexibility index (Phi) is 16.3. The molecule has 3 amide bonds. The number of aliphatic hydroxyl groups is 1. The maximum absolute atomic E-state index is 13.5. The summed E-state index contributed by atoms with van der Waals surface area (Å²) >= 11 is 12.1. The first kappa shape index (κ1) is 50.3. The summed E-state index contributed by atoms with van der Waals surface area (Å²) < 4.78 is 17.4. The van der Waals surface area contributed by atoms with E-state index in [1.807, 2.05) is 12.1 Å². The first-order valence-electron chi connectivity index (χ1n) is 21.2. The molecule has 0 bridgehead atoms. The number of carbonyl (C=O) groups is 2. The van der Waals surface area contributed by atoms with Gasteiger partial charge < -0.3 is 18.4 Å². The summed E-state index contributed by atoms with van der Waals surface area (Å²) in [6.45, 7) is 15.2. The lowest BCUT2D eigenvalue weighted by molar-refractivity contribution is -0.125. The van der Waals surface area contributed by atoms with Crippen molar-refractivity contribution in [3.05, 3.63) is 92.3 Å². The van der Waals surface area contributed by atoms with E-state index in [0.29, 0.717) is 70.7 Å². The fourth-order valence-electron chi connectivity index (χ4n) is 7.67. The van der Waals surface area contributed by atoms with E-state index in [9.17, 15) is 30.0 Å². The Hall–Kier alpha value is -5.67. The van der Waals surface area contributed by atoms with E-state index in [1.165, 1.54) is 29.3 Å². The Labute approximate surface area is 389 Å². The number of aromatic nitrogens is 2. The third kappa shape index (κ3) is 11.1. The van der Waals surface area contributed by atoms with Crippen LogP contribution in [0.1, 0.15) is 118 Å². The maximum atomic E-state index is 13.5. The molecule has 1 aliphatic heterocycles. The van der Waals surface area contributed by atoms with Gasteiger partial charge in [0.05, 0.1) is 64.2 Å². The molecular weight excluding hydrogens is 890 g/mol. The number of anilines is 1. The number of hydrogen-bond acceptors (Lipinski definition) is 14. The van der Waals surface area contributed by atoms with Crippen molar-refractivity contribution in [2.45, 2.75) is 141 Å². The molecule has 2 aliphatic carbocycles. The van der Waals surface area contributed by atoms with Gasteiger partial charge in [-0.1, -0.05) is 69.7 Å². The van der Waals surface area contributed by atoms with E-state index < -0.39 is 25.4 Å². The van der Waals surface area contributed by atoms with Gasteiger partial charge in [-0.15, -0.1) is 0 Å². The van der Waals surface area contributed by atoms with Crippen LogP contribution in [0.5, 0.6) is 0 Å². The van der Waals surface area contributed by atoms with Gasteiger partial charge in [0.1, 0.15) is 47.9 Å². The molecule has 4 aromatic rings. The zero-order valence-corrected chi connectivity index (χ0v) is 40.2. The molecule has 342 valence electrons. The van der Waals surface area contributed by atoms with Crippen molar-refractivity contribution in [1.82, 2.24) is 20.2 Å². The number of aliphatic hydroxyl groups excluding tert-OH is 1. The van der Waals surface area contributed by atoms with Crippen LogP contribution in [0.3, 0.4) is 0 Å². The van der Waals surface area contributed by atoms with Crippen LogP contribution in [0.25, 0.3) is 0 Å². The predicted molar refractivity (Wildman–Crippen MR) is 244 cm³/mol. The number of hydrogen-bond donors (Lipinski definition) is 2. The van der Waals surface area contributed by atoms with Crippen molar-refractivity contribution in [3.8, 4) is 18.2 Å². The van der Waals surface area contributed by atoms with Gasteiger partial charge in [0.2, 0.25) is 17.9 Å². The second-order valence-corrected chi connectivity index (χ2v) is 23.3. The van der Waals surface area contributed by atoms with Crippen LogP contribution in [0.4, 0.5) is 16.2 Å². The van der Waals surface area contributed by atoms with Gasteiger partial charge in [0.25, 0.3) is 5.91 Å². The third-order valence-electron chi connectivity index (χ3n) is 12.6. The number of rotatable bonds is 11. The summed E-state index contributed by atoms with van der Waals surface area (Å²) in [6.07, 6.45) is 11.4. The first-order valence-corrected chi connectivity index (χ1v) is 24.9. The van der Waals surface area contributed by atoms with Crippen molar-refractivity contribution >= 4 is 60.9 Å². The van der Waals surface area contributed by atoms with E-state index in [0.717, 1.165) is 49.2 Å². The molecule has 0 radical (unpaired) electrons. The fourth-order valence-corrected chi connectivity index (χ4v) is 9.01. The van der Waals surface area contributed by atoms with E-state index in [2.05, 4.69) is 60.2 Å². The molecule has 3 aliphatic rings. The molecule has 16 nitrogen and oxygen atoms in total. The normalized spacial score (nSPS) is 16.2. The Bertz CT molecular complexity index is 2570. The standard InChI is InChI=1S/C20H19ClN4O4.C17H29N3O2Si.C9H5ClN2O/c1-12-15(5-4-13(8-22)17(12)21)25-18(27)20(6-2-3-7-20)24(19(25)28)10-16-23-9-14(11-26)29-16;1-16(2,3)23(4,5)21-12-14-10-19-15(22-14)11-20-17(13-18)8-6-7-9-17;1-6-8(12-5-13)3-2-7(4-11)9(6)10/h4-5,9,26H,2-3,6-7,10-11H2,1H3;10,20H,6-9,11-12H2,1-5H3;2-3H,1H3. The van der Waals surface area contributed by atoms with E-state index in [1.54, 1.807) is 32.2 Å². The fraction of sp³-hybridized carbons (Fsp3) is 0.478. The summed E-state index contributed by atoms with van der Waals surface area (Å²) in [4.78, 5) is 51.4. The van der Waals surface area contributed by atoms with Gasteiger partial charge in [-0.2, -0.15) is 20.8 Å². The van der Waals surface area contributed by atoms with Crippen LogP contribution >= 0.6 is 23.2 Å². The molecule has 1 saturated heterocycles. The molecule has 2 aromatic carbocycles. The first-order chi connectivity index (χ1) is 30.8. The number of urea groups is 1. The maximum Gasteiger partial charge on any atom is 0.332 e. The largest absolute Gasteiger partial charge is 0.442 e. The van der Waals surface area contributed by atoms with E-state index in [-0.39, 0.29) is 40.6 Å². The van der Waals surface area contributed by atoms with E-state index >= 15 is 0 Å². The van der Waals surface area contributed by atoms with Gasteiger partial charge in [-0.3, -0.25) is 15.0 Å². The molecule has 19 heteroatoms. The molecule has 2 saturated carbocycles. The van der Waals surface area contributed by atoms with Crippen LogP contribution < -0.4 is 10.2 Å². The Morgan fingerprint density at radius 3 is 2.03 bits per heavy atom. The molecule has 65 heavy (non-hydrogen) atoms. The number of nitrogens with one attached hydrogen (secondary N) is 1. The molecular formula is C46H53Cl2N9O7Si. The number of carbonyl (C=O) groups excluding carboxylic acids is 3. The minimum Gasteiger partial charge on any atom is -0.442 e. The van der Waals surface area contributed by atoms with Crippen LogP contribution in [0.2, 0.25) is 28.2 Å². The van der Waals surface area contributed by atoms with Crippen molar-refractivity contribution in [3.63, 3.8) is 0 Å². The third-order valence-corrected chi connectivity index (χ3v) is 18.1. The van der Waals surface area contributed by atoms with Crippen molar-refractivity contribution in [2.24, 2.45) is 4.99 Å². The number of nitriles is 3. The highest BCUT2D eigenvalue weighted by atomic mass is 35.5. The van der Waals surface area contributed by atoms with Crippen LogP contribution in [-0.2, 0) is 40.3 Å². The average Bonchev–Trinajstić information content (AvgIpc) is 4.15. The van der Waals surface area contributed by atoms with Gasteiger partial charge in [-0.25, -0.2) is 24.5 Å². The predicted octanol–water partition coefficient (Wildman–Crippen LogP) is 9.89. The number of amides is 3. The molecule has 2 N–H and O–H groups in total. The second kappa shape index (κ2) is 21.1. The molecule has 3 fully saturated rings. The quantitative estimate of drug-likeness (QED) is 0.0617. The van der Waals surface area contributed by atoms with Gasteiger partial charge >= 0.3 is 6.03 Å². The summed E-state index contributed by atoms with van der Waals surface area (Å²) in [5.74, 6) is 1.64. The highest BCUT2D eigenvalue weighted by Gasteiger charge is 2.59. The van der Waals surface area contributed by atoms with Crippen molar-refractivity contribution in [2.75, 3.05) is 4.90 Å². The second-order valence-electron chi connectivity index (χ2n) is 17.7. The van der Waals surface area contributed by atoms with Crippen LogP contribution in [0, 0.1) is 47.8 Å². The molecule has 1 spiro atoms. The highest BCUT2D eigenvalue weighted by Crippen LogP contribution is 2.45. The zero-order valence-electron chi connectivity index (χ0n) is 37.7. The number of aliphatic imine (C=N–C) groups is 1. The number of imide groups is 1. The lowest BCUT2D eigenvalue weighted by atomic mass is 9.95. The van der Waals surface area contributed by atoms with E-state index in [4.69, 9.17) is 41.7 Å². The average molecular weight is 943 g/mol. The molecule has 0 unspecified atom stereocenters. The molecule has 7 rings (SSSR count). The van der Waals surface area contributed by atoms with Gasteiger partial charge in [0, 0.05) is 0 Å². The van der Waals surface area contributed by atoms with Crippen LogP contribution in [-0.4, -0.2) is 57.4 Å². The highest BCUT2D eigenvalue weighted by molar-refractivity contribution is 6.74. The summed E-state index contributed by atoms with van der Waals surface area (Å²) in [6, 6.07) is 12.1. The number of benzene rings is 2. The topological polar surface area (TPSA) is 235 Å². The Morgan fingerprint density at radius 2 is 1.46 bits per heavy atom. The number of halogens is 2. The molecule has 2 aromatic heterocycles. The summed E-state index contributed by atoms with van der Waals surface area (Å²) in [7, 11) is -1.78. The number of nitrogens with zero attached hydrogens (tertiary/aromatic N) is 8. The minimum absolute atomic E-state index is 0.0319.